The molecule has 1 aromatic heterocycles. The van der Waals surface area contributed by atoms with E-state index in [1.165, 1.54) is 5.56 Å². The van der Waals surface area contributed by atoms with Gasteiger partial charge in [-0.15, -0.1) is 0 Å². The van der Waals surface area contributed by atoms with E-state index in [4.69, 9.17) is 9.72 Å². The van der Waals surface area contributed by atoms with Gasteiger partial charge in [-0.05, 0) is 32.0 Å². The van der Waals surface area contributed by atoms with Crippen molar-refractivity contribution in [2.45, 2.75) is 13.3 Å². The van der Waals surface area contributed by atoms with Crippen molar-refractivity contribution >= 4 is 11.8 Å². The van der Waals surface area contributed by atoms with Crippen LogP contribution in [-0.4, -0.2) is 61.7 Å². The summed E-state index contributed by atoms with van der Waals surface area (Å²) in [7, 11) is 3.86. The number of nitrogens with zero attached hydrogens (tertiary/aromatic N) is 4. The first-order chi connectivity index (χ1) is 12.2. The van der Waals surface area contributed by atoms with Crippen molar-refractivity contribution < 1.29 is 4.74 Å². The third-order valence-corrected chi connectivity index (χ3v) is 4.52. The van der Waals surface area contributed by atoms with E-state index in [-0.39, 0.29) is 0 Å². The Hall–Kier alpha value is -2.34. The zero-order valence-electron chi connectivity index (χ0n) is 15.3. The molecule has 0 amide bonds. The molecule has 3 rings (SSSR count). The zero-order chi connectivity index (χ0) is 17.6. The molecule has 0 radical (unpaired) electrons. The molecule has 2 heterocycles. The highest BCUT2D eigenvalue weighted by atomic mass is 16.5. The summed E-state index contributed by atoms with van der Waals surface area (Å²) >= 11 is 0. The number of aromatic nitrogens is 2. The maximum Gasteiger partial charge on any atom is 0.227 e. The number of methoxy groups -OCH3 is 1. The molecular weight excluding hydrogens is 314 g/mol. The molecule has 0 aliphatic carbocycles. The van der Waals surface area contributed by atoms with E-state index in [2.05, 4.69) is 33.2 Å². The monoisotopic (exact) mass is 341 g/mol. The van der Waals surface area contributed by atoms with Gasteiger partial charge < -0.3 is 19.9 Å². The van der Waals surface area contributed by atoms with Crippen molar-refractivity contribution in [3.8, 4) is 5.75 Å². The zero-order valence-corrected chi connectivity index (χ0v) is 15.3. The van der Waals surface area contributed by atoms with Crippen LogP contribution in [0.15, 0.2) is 30.3 Å². The lowest BCUT2D eigenvalue weighted by Gasteiger charge is -2.32. The van der Waals surface area contributed by atoms with Crippen LogP contribution < -0.4 is 15.0 Å². The number of para-hydroxylation sites is 1. The number of aryl methyl sites for hydroxylation is 1. The van der Waals surface area contributed by atoms with Gasteiger partial charge in [0.2, 0.25) is 5.95 Å². The summed E-state index contributed by atoms with van der Waals surface area (Å²) in [6, 6.07) is 10.1. The molecule has 1 N–H and O–H groups in total. The fourth-order valence-electron chi connectivity index (χ4n) is 3.03. The number of benzene rings is 1. The summed E-state index contributed by atoms with van der Waals surface area (Å²) < 4.78 is 5.41. The lowest BCUT2D eigenvalue weighted by molar-refractivity contribution is 0.311. The van der Waals surface area contributed by atoms with Crippen LogP contribution in [0.4, 0.5) is 11.8 Å². The molecule has 0 bridgehead atoms. The first-order valence-electron chi connectivity index (χ1n) is 8.80. The second-order valence-electron chi connectivity index (χ2n) is 6.47. The number of nitrogens with one attached hydrogen (secondary N) is 1. The summed E-state index contributed by atoms with van der Waals surface area (Å²) in [6.45, 7) is 6.87. The molecule has 6 nitrogen and oxygen atoms in total. The van der Waals surface area contributed by atoms with Crippen LogP contribution in [0.3, 0.4) is 0 Å². The van der Waals surface area contributed by atoms with Crippen molar-refractivity contribution in [3.05, 3.63) is 41.6 Å². The molecule has 0 atom stereocenters. The Morgan fingerprint density at radius 2 is 1.88 bits per heavy atom. The molecule has 6 heteroatoms. The first-order valence-corrected chi connectivity index (χ1v) is 8.80. The van der Waals surface area contributed by atoms with Crippen LogP contribution in [0.1, 0.15) is 11.3 Å². The Labute approximate surface area is 149 Å². The fourth-order valence-corrected chi connectivity index (χ4v) is 3.03. The lowest BCUT2D eigenvalue weighted by atomic mass is 10.1. The van der Waals surface area contributed by atoms with Crippen LogP contribution in [0.2, 0.25) is 0 Å². The van der Waals surface area contributed by atoms with Crippen molar-refractivity contribution in [1.82, 2.24) is 14.9 Å². The maximum atomic E-state index is 5.41. The molecule has 134 valence electrons. The highest BCUT2D eigenvalue weighted by molar-refractivity contribution is 5.44. The molecule has 1 aliphatic heterocycles. The molecule has 1 saturated heterocycles. The molecule has 25 heavy (non-hydrogen) atoms. The molecule has 1 aromatic carbocycles. The minimum absolute atomic E-state index is 0.805. The van der Waals surface area contributed by atoms with E-state index in [0.717, 1.165) is 62.4 Å². The third-order valence-electron chi connectivity index (χ3n) is 4.52. The number of anilines is 2. The molecule has 1 aliphatic rings. The summed E-state index contributed by atoms with van der Waals surface area (Å²) in [5.41, 5.74) is 2.19. The van der Waals surface area contributed by atoms with Crippen LogP contribution in [0, 0.1) is 6.92 Å². The Balaban J connectivity index is 1.62. The second kappa shape index (κ2) is 8.16. The van der Waals surface area contributed by atoms with Gasteiger partial charge in [0.1, 0.15) is 11.6 Å². The summed E-state index contributed by atoms with van der Waals surface area (Å²) in [4.78, 5) is 13.9. The van der Waals surface area contributed by atoms with E-state index in [1.807, 2.05) is 31.2 Å². The normalized spacial score (nSPS) is 15.2. The Kier molecular flexibility index (Phi) is 5.71. The Morgan fingerprint density at radius 3 is 2.64 bits per heavy atom. The van der Waals surface area contributed by atoms with E-state index in [9.17, 15) is 0 Å². The minimum Gasteiger partial charge on any atom is -0.496 e. The van der Waals surface area contributed by atoms with Crippen LogP contribution in [-0.2, 0) is 6.42 Å². The Bertz CT molecular complexity index is 698. The van der Waals surface area contributed by atoms with Crippen LogP contribution in [0.5, 0.6) is 5.75 Å². The molecule has 0 spiro atoms. The summed E-state index contributed by atoms with van der Waals surface area (Å²) in [5.74, 6) is 2.64. The molecule has 0 saturated carbocycles. The van der Waals surface area contributed by atoms with E-state index in [0.29, 0.717) is 0 Å². The van der Waals surface area contributed by atoms with Crippen molar-refractivity contribution in [3.63, 3.8) is 0 Å². The number of likely N-dealkylation sites (N-methyl/N-ethyl adjacent to an activating group) is 1. The van der Waals surface area contributed by atoms with E-state index < -0.39 is 0 Å². The Morgan fingerprint density at radius 1 is 1.12 bits per heavy atom. The van der Waals surface area contributed by atoms with Crippen molar-refractivity contribution in [1.29, 1.82) is 0 Å². The number of hydrogen-bond donors (Lipinski definition) is 1. The standard InChI is InChI=1S/C19H27N5O/c1-15-14-18(20-9-8-16-6-4-5-7-17(16)25-3)22-19(21-15)24-12-10-23(2)11-13-24/h4-7,14H,8-13H2,1-3H3,(H,20,21,22). The molecule has 2 aromatic rings. The van der Waals surface area contributed by atoms with E-state index >= 15 is 0 Å². The minimum atomic E-state index is 0.805. The SMILES string of the molecule is COc1ccccc1CCNc1cc(C)nc(N2CCN(C)CC2)n1. The summed E-state index contributed by atoms with van der Waals surface area (Å²) in [5, 5.41) is 3.43. The van der Waals surface area contributed by atoms with Gasteiger partial charge in [-0.1, -0.05) is 18.2 Å². The van der Waals surface area contributed by atoms with Crippen molar-refractivity contribution in [2.75, 3.05) is 57.1 Å². The number of piperazine rings is 1. The largest absolute Gasteiger partial charge is 0.496 e. The van der Waals surface area contributed by atoms with E-state index in [1.54, 1.807) is 7.11 Å². The van der Waals surface area contributed by atoms with Gasteiger partial charge >= 0.3 is 0 Å². The molecule has 0 unspecified atom stereocenters. The number of ether oxygens (including phenoxy) is 1. The van der Waals surface area contributed by atoms with Gasteiger partial charge in [-0.25, -0.2) is 4.98 Å². The van der Waals surface area contributed by atoms with Crippen LogP contribution >= 0.6 is 0 Å². The maximum absolute atomic E-state index is 5.41. The predicted molar refractivity (Wildman–Crippen MR) is 102 cm³/mol. The lowest BCUT2D eigenvalue weighted by Crippen LogP contribution is -2.45. The number of rotatable bonds is 6. The van der Waals surface area contributed by atoms with Gasteiger partial charge in [0.05, 0.1) is 7.11 Å². The van der Waals surface area contributed by atoms with Crippen LogP contribution in [0.25, 0.3) is 0 Å². The average molecular weight is 341 g/mol. The van der Waals surface area contributed by atoms with Gasteiger partial charge in [-0.3, -0.25) is 0 Å². The number of hydrogen-bond acceptors (Lipinski definition) is 6. The quantitative estimate of drug-likeness (QED) is 0.869. The van der Waals surface area contributed by atoms with Crippen molar-refractivity contribution in [2.24, 2.45) is 0 Å². The highest BCUT2D eigenvalue weighted by Crippen LogP contribution is 2.19. The highest BCUT2D eigenvalue weighted by Gasteiger charge is 2.17. The third kappa shape index (κ3) is 4.60. The summed E-state index contributed by atoms with van der Waals surface area (Å²) in [6.07, 6.45) is 0.886. The second-order valence-corrected chi connectivity index (χ2v) is 6.47. The average Bonchev–Trinajstić information content (AvgIpc) is 2.62. The van der Waals surface area contributed by atoms with Gasteiger partial charge in [0.15, 0.2) is 0 Å². The van der Waals surface area contributed by atoms with Gasteiger partial charge in [0.25, 0.3) is 0 Å². The molecule has 1 fully saturated rings. The van der Waals surface area contributed by atoms with Gasteiger partial charge in [0, 0.05) is 44.5 Å². The van der Waals surface area contributed by atoms with Gasteiger partial charge in [-0.2, -0.15) is 4.98 Å². The smallest absolute Gasteiger partial charge is 0.227 e. The topological polar surface area (TPSA) is 53.5 Å². The fraction of sp³-hybridized carbons (Fsp3) is 0.474. The first kappa shape index (κ1) is 17.5. The predicted octanol–water partition coefficient (Wildman–Crippen LogP) is 2.20. The molecular formula is C19H27N5O.